The summed E-state index contributed by atoms with van der Waals surface area (Å²) in [7, 11) is 3.55. The first-order valence-electron chi connectivity index (χ1n) is 6.89. The van der Waals surface area contributed by atoms with E-state index in [2.05, 4.69) is 11.9 Å². The van der Waals surface area contributed by atoms with Crippen LogP contribution in [0.1, 0.15) is 24.8 Å². The molecule has 2 N–H and O–H groups in total. The van der Waals surface area contributed by atoms with E-state index < -0.39 is 0 Å². The van der Waals surface area contributed by atoms with E-state index >= 15 is 0 Å². The van der Waals surface area contributed by atoms with E-state index in [4.69, 9.17) is 10.5 Å². The zero-order valence-electron chi connectivity index (χ0n) is 11.7. The summed E-state index contributed by atoms with van der Waals surface area (Å²) < 4.78 is 19.1. The maximum atomic E-state index is 14.1. The molecule has 106 valence electrons. The van der Waals surface area contributed by atoms with E-state index in [1.807, 2.05) is 12.1 Å². The SMILES string of the molecule is COc1cccc(CN(C)C2CCCC2CN)c1F. The van der Waals surface area contributed by atoms with Crippen molar-refractivity contribution in [3.8, 4) is 5.75 Å². The molecule has 1 aromatic rings. The average Bonchev–Trinajstić information content (AvgIpc) is 2.89. The van der Waals surface area contributed by atoms with Gasteiger partial charge in [0.15, 0.2) is 11.6 Å². The van der Waals surface area contributed by atoms with Gasteiger partial charge in [-0.2, -0.15) is 0 Å². The first kappa shape index (κ1) is 14.3. The van der Waals surface area contributed by atoms with Crippen LogP contribution in [0.3, 0.4) is 0 Å². The summed E-state index contributed by atoms with van der Waals surface area (Å²) in [4.78, 5) is 2.22. The van der Waals surface area contributed by atoms with E-state index in [0.717, 1.165) is 13.0 Å². The third-order valence-electron chi connectivity index (χ3n) is 4.17. The fraction of sp³-hybridized carbons (Fsp3) is 0.600. The van der Waals surface area contributed by atoms with Crippen molar-refractivity contribution >= 4 is 0 Å². The molecule has 19 heavy (non-hydrogen) atoms. The van der Waals surface area contributed by atoms with Crippen LogP contribution in [0.15, 0.2) is 18.2 Å². The lowest BCUT2D eigenvalue weighted by Crippen LogP contribution is -2.37. The summed E-state index contributed by atoms with van der Waals surface area (Å²) in [6.45, 7) is 1.32. The Labute approximate surface area is 114 Å². The molecule has 0 radical (unpaired) electrons. The molecule has 0 heterocycles. The van der Waals surface area contributed by atoms with Gasteiger partial charge in [0, 0.05) is 18.2 Å². The van der Waals surface area contributed by atoms with Gasteiger partial charge < -0.3 is 10.5 Å². The number of ether oxygens (including phenoxy) is 1. The van der Waals surface area contributed by atoms with Crippen molar-refractivity contribution in [3.05, 3.63) is 29.6 Å². The fourth-order valence-electron chi connectivity index (χ4n) is 3.09. The molecule has 1 aromatic carbocycles. The minimum absolute atomic E-state index is 0.251. The molecule has 0 amide bonds. The van der Waals surface area contributed by atoms with Crippen molar-refractivity contribution in [3.63, 3.8) is 0 Å². The molecule has 1 aliphatic carbocycles. The fourth-order valence-corrected chi connectivity index (χ4v) is 3.09. The van der Waals surface area contributed by atoms with Crippen molar-refractivity contribution in [1.82, 2.24) is 4.90 Å². The molecule has 3 nitrogen and oxygen atoms in total. The van der Waals surface area contributed by atoms with Crippen molar-refractivity contribution in [2.24, 2.45) is 11.7 Å². The smallest absolute Gasteiger partial charge is 0.169 e. The molecule has 1 aliphatic rings. The summed E-state index contributed by atoms with van der Waals surface area (Å²) in [5.74, 6) is 0.602. The lowest BCUT2D eigenvalue weighted by molar-refractivity contribution is 0.190. The van der Waals surface area contributed by atoms with E-state index in [0.29, 0.717) is 29.8 Å². The summed E-state index contributed by atoms with van der Waals surface area (Å²) >= 11 is 0. The van der Waals surface area contributed by atoms with Crippen molar-refractivity contribution < 1.29 is 9.13 Å². The molecule has 2 unspecified atom stereocenters. The highest BCUT2D eigenvalue weighted by atomic mass is 19.1. The lowest BCUT2D eigenvalue weighted by atomic mass is 10.0. The van der Waals surface area contributed by atoms with Gasteiger partial charge >= 0.3 is 0 Å². The molecule has 2 atom stereocenters. The maximum Gasteiger partial charge on any atom is 0.169 e. The quantitative estimate of drug-likeness (QED) is 0.889. The highest BCUT2D eigenvalue weighted by Crippen LogP contribution is 2.30. The number of hydrogen-bond donors (Lipinski definition) is 1. The number of nitrogens with two attached hydrogens (primary N) is 1. The monoisotopic (exact) mass is 266 g/mol. The second kappa shape index (κ2) is 6.35. The highest BCUT2D eigenvalue weighted by Gasteiger charge is 2.29. The second-order valence-corrected chi connectivity index (χ2v) is 5.34. The Morgan fingerprint density at radius 2 is 2.21 bits per heavy atom. The first-order chi connectivity index (χ1) is 9.17. The Bertz CT molecular complexity index is 425. The Balaban J connectivity index is 2.08. The molecule has 0 saturated heterocycles. The van der Waals surface area contributed by atoms with Gasteiger partial charge in [-0.25, -0.2) is 4.39 Å². The number of methoxy groups -OCH3 is 1. The van der Waals surface area contributed by atoms with Crippen LogP contribution in [0.5, 0.6) is 5.75 Å². The van der Waals surface area contributed by atoms with Crippen LogP contribution in [0.2, 0.25) is 0 Å². The molecule has 2 rings (SSSR count). The van der Waals surface area contributed by atoms with Crippen LogP contribution in [-0.4, -0.2) is 31.6 Å². The van der Waals surface area contributed by atoms with Gasteiger partial charge in [-0.1, -0.05) is 18.6 Å². The van der Waals surface area contributed by atoms with Crippen molar-refractivity contribution in [2.75, 3.05) is 20.7 Å². The number of hydrogen-bond acceptors (Lipinski definition) is 3. The standard InChI is InChI=1S/C15H23FN2O/c1-18(13-7-3-5-11(13)9-17)10-12-6-4-8-14(19-2)15(12)16/h4,6,8,11,13H,3,5,7,9-10,17H2,1-2H3. The number of rotatable bonds is 5. The van der Waals surface area contributed by atoms with Crippen molar-refractivity contribution in [1.29, 1.82) is 0 Å². The number of benzene rings is 1. The normalized spacial score (nSPS) is 23.0. The zero-order valence-corrected chi connectivity index (χ0v) is 11.7. The van der Waals surface area contributed by atoms with Crippen LogP contribution in [-0.2, 0) is 6.54 Å². The first-order valence-corrected chi connectivity index (χ1v) is 6.89. The Hall–Kier alpha value is -1.13. The van der Waals surface area contributed by atoms with Gasteiger partial charge in [-0.15, -0.1) is 0 Å². The van der Waals surface area contributed by atoms with E-state index in [-0.39, 0.29) is 5.82 Å². The molecule has 1 saturated carbocycles. The Morgan fingerprint density at radius 3 is 2.89 bits per heavy atom. The second-order valence-electron chi connectivity index (χ2n) is 5.34. The van der Waals surface area contributed by atoms with Crippen LogP contribution in [0, 0.1) is 11.7 Å². The zero-order chi connectivity index (χ0) is 13.8. The van der Waals surface area contributed by atoms with Gasteiger partial charge in [0.05, 0.1) is 7.11 Å². The Kier molecular flexibility index (Phi) is 4.77. The molecule has 0 bridgehead atoms. The predicted molar refractivity (Wildman–Crippen MR) is 74.6 cm³/mol. The summed E-state index contributed by atoms with van der Waals surface area (Å²) in [6, 6.07) is 5.77. The summed E-state index contributed by atoms with van der Waals surface area (Å²) in [5, 5.41) is 0. The molecule has 0 aliphatic heterocycles. The Morgan fingerprint density at radius 1 is 1.42 bits per heavy atom. The van der Waals surface area contributed by atoms with Gasteiger partial charge in [-0.05, 0) is 38.4 Å². The van der Waals surface area contributed by atoms with Gasteiger partial charge in [0.25, 0.3) is 0 Å². The van der Waals surface area contributed by atoms with Crippen LogP contribution < -0.4 is 10.5 Å². The minimum Gasteiger partial charge on any atom is -0.494 e. The van der Waals surface area contributed by atoms with E-state index in [1.54, 1.807) is 6.07 Å². The molecule has 4 heteroatoms. The molecular weight excluding hydrogens is 243 g/mol. The predicted octanol–water partition coefficient (Wildman–Crippen LogP) is 2.39. The minimum atomic E-state index is -0.251. The van der Waals surface area contributed by atoms with Crippen LogP contribution in [0.4, 0.5) is 4.39 Å². The molecule has 0 spiro atoms. The topological polar surface area (TPSA) is 38.5 Å². The van der Waals surface area contributed by atoms with E-state index in [9.17, 15) is 4.39 Å². The maximum absolute atomic E-state index is 14.1. The van der Waals surface area contributed by atoms with Crippen LogP contribution in [0.25, 0.3) is 0 Å². The third kappa shape index (κ3) is 3.07. The summed E-state index contributed by atoms with van der Waals surface area (Å²) in [6.07, 6.45) is 3.56. The van der Waals surface area contributed by atoms with Gasteiger partial charge in [0.1, 0.15) is 0 Å². The van der Waals surface area contributed by atoms with E-state index in [1.165, 1.54) is 20.0 Å². The lowest BCUT2D eigenvalue weighted by Gasteiger charge is -2.29. The third-order valence-corrected chi connectivity index (χ3v) is 4.17. The molecular formula is C15H23FN2O. The number of nitrogens with zero attached hydrogens (tertiary/aromatic N) is 1. The average molecular weight is 266 g/mol. The summed E-state index contributed by atoms with van der Waals surface area (Å²) in [5.41, 5.74) is 6.49. The molecule has 0 aromatic heterocycles. The van der Waals surface area contributed by atoms with Gasteiger partial charge in [0.2, 0.25) is 0 Å². The highest BCUT2D eigenvalue weighted by molar-refractivity contribution is 5.31. The van der Waals surface area contributed by atoms with Gasteiger partial charge in [-0.3, -0.25) is 4.90 Å². The number of halogens is 1. The van der Waals surface area contributed by atoms with Crippen LogP contribution >= 0.6 is 0 Å². The largest absolute Gasteiger partial charge is 0.494 e. The van der Waals surface area contributed by atoms with Crippen molar-refractivity contribution in [2.45, 2.75) is 31.8 Å². The molecule has 1 fully saturated rings.